The maximum atomic E-state index is 3.19. The molecule has 0 spiro atoms. The molecule has 1 nitrogen and oxygen atoms in total. The fourth-order valence-electron chi connectivity index (χ4n) is 0.820. The molecule has 0 fully saturated rings. The van der Waals surface area contributed by atoms with Gasteiger partial charge in [0.1, 0.15) is 0 Å². The average molecular weight is 135 g/mol. The van der Waals surface area contributed by atoms with Gasteiger partial charge in [-0.05, 0) is 19.5 Å². The molecule has 0 aromatic heterocycles. The van der Waals surface area contributed by atoms with E-state index in [1.807, 2.05) is 6.20 Å². The summed E-state index contributed by atoms with van der Waals surface area (Å²) in [5.74, 6) is 0. The van der Waals surface area contributed by atoms with Crippen molar-refractivity contribution in [3.8, 4) is 0 Å². The number of allylic oxidation sites excluding steroid dienone is 4. The van der Waals surface area contributed by atoms with Crippen molar-refractivity contribution in [2.45, 2.75) is 13.3 Å². The SMILES string of the molecule is C/C1=C/C=C\CC=CNC1. The lowest BCUT2D eigenvalue weighted by Crippen LogP contribution is -2.07. The van der Waals surface area contributed by atoms with Crippen LogP contribution in [0.2, 0.25) is 0 Å². The molecule has 0 radical (unpaired) electrons. The minimum absolute atomic E-state index is 0.959. The molecule has 1 rings (SSSR count). The standard InChI is InChI=1S/C9H13N/c1-9-6-4-2-3-5-7-10-8-9/h2,4-7,10H,3,8H2,1H3/b4-2-,7-5?,9-6-. The van der Waals surface area contributed by atoms with Gasteiger partial charge in [0.15, 0.2) is 0 Å². The van der Waals surface area contributed by atoms with E-state index in [0.29, 0.717) is 0 Å². The van der Waals surface area contributed by atoms with Gasteiger partial charge in [0.2, 0.25) is 0 Å². The molecule has 0 saturated carbocycles. The van der Waals surface area contributed by atoms with Crippen molar-refractivity contribution in [3.63, 3.8) is 0 Å². The molecule has 1 heterocycles. The zero-order valence-electron chi connectivity index (χ0n) is 6.30. The maximum absolute atomic E-state index is 3.19. The van der Waals surface area contributed by atoms with E-state index < -0.39 is 0 Å². The van der Waals surface area contributed by atoms with E-state index in [9.17, 15) is 0 Å². The molecule has 0 amide bonds. The van der Waals surface area contributed by atoms with Gasteiger partial charge in [0, 0.05) is 6.54 Å². The quantitative estimate of drug-likeness (QED) is 0.535. The summed E-state index contributed by atoms with van der Waals surface area (Å²) < 4.78 is 0. The first-order chi connectivity index (χ1) is 4.89. The van der Waals surface area contributed by atoms with E-state index in [1.165, 1.54) is 5.57 Å². The molecule has 0 aromatic carbocycles. The average Bonchev–Trinajstić information content (AvgIpc) is 2.02. The van der Waals surface area contributed by atoms with E-state index in [1.54, 1.807) is 0 Å². The van der Waals surface area contributed by atoms with Crippen molar-refractivity contribution in [1.82, 2.24) is 5.32 Å². The number of hydrogen-bond acceptors (Lipinski definition) is 1. The Morgan fingerprint density at radius 2 is 2.30 bits per heavy atom. The number of rotatable bonds is 0. The van der Waals surface area contributed by atoms with Crippen molar-refractivity contribution in [2.75, 3.05) is 6.54 Å². The number of nitrogens with one attached hydrogen (secondary N) is 1. The number of hydrogen-bond donors (Lipinski definition) is 1. The molecule has 10 heavy (non-hydrogen) atoms. The van der Waals surface area contributed by atoms with E-state index in [2.05, 4.69) is 36.5 Å². The fourth-order valence-corrected chi connectivity index (χ4v) is 0.820. The summed E-state index contributed by atoms with van der Waals surface area (Å²) in [6.45, 7) is 3.08. The predicted octanol–water partition coefficient (Wildman–Crippen LogP) is 2.00. The molecule has 0 bridgehead atoms. The Bertz CT molecular complexity index is 175. The Balaban J connectivity index is 2.55. The summed E-state index contributed by atoms with van der Waals surface area (Å²) in [6, 6.07) is 0. The Kier molecular flexibility index (Phi) is 2.81. The van der Waals surface area contributed by atoms with Gasteiger partial charge in [-0.2, -0.15) is 0 Å². The van der Waals surface area contributed by atoms with Gasteiger partial charge < -0.3 is 5.32 Å². The zero-order valence-corrected chi connectivity index (χ0v) is 6.30. The lowest BCUT2D eigenvalue weighted by Gasteiger charge is -1.97. The Hall–Kier alpha value is -0.980. The lowest BCUT2D eigenvalue weighted by molar-refractivity contribution is 0.933. The van der Waals surface area contributed by atoms with Gasteiger partial charge in [0.25, 0.3) is 0 Å². The third-order valence-electron chi connectivity index (χ3n) is 1.41. The minimum atomic E-state index is 0.959. The van der Waals surface area contributed by atoms with Gasteiger partial charge in [0.05, 0.1) is 0 Å². The van der Waals surface area contributed by atoms with Crippen molar-refractivity contribution < 1.29 is 0 Å². The summed E-state index contributed by atoms with van der Waals surface area (Å²) in [7, 11) is 0. The fraction of sp³-hybridized carbons (Fsp3) is 0.333. The van der Waals surface area contributed by atoms with Crippen LogP contribution in [0.4, 0.5) is 0 Å². The highest BCUT2D eigenvalue weighted by atomic mass is 14.8. The van der Waals surface area contributed by atoms with E-state index in [-0.39, 0.29) is 0 Å². The summed E-state index contributed by atoms with van der Waals surface area (Å²) >= 11 is 0. The molecule has 0 atom stereocenters. The Labute approximate surface area is 62.1 Å². The summed E-state index contributed by atoms with van der Waals surface area (Å²) in [5, 5.41) is 3.19. The van der Waals surface area contributed by atoms with Crippen LogP contribution < -0.4 is 5.32 Å². The third-order valence-corrected chi connectivity index (χ3v) is 1.41. The van der Waals surface area contributed by atoms with Crippen LogP contribution in [-0.4, -0.2) is 6.54 Å². The molecule has 1 aliphatic heterocycles. The van der Waals surface area contributed by atoms with Crippen LogP contribution in [0.5, 0.6) is 0 Å². The molecule has 0 unspecified atom stereocenters. The topological polar surface area (TPSA) is 12.0 Å². The van der Waals surface area contributed by atoms with Crippen molar-refractivity contribution in [1.29, 1.82) is 0 Å². The molecule has 0 aliphatic carbocycles. The molecule has 54 valence electrons. The zero-order chi connectivity index (χ0) is 7.23. The van der Waals surface area contributed by atoms with E-state index in [4.69, 9.17) is 0 Å². The molecule has 0 saturated heterocycles. The first-order valence-electron chi connectivity index (χ1n) is 3.60. The van der Waals surface area contributed by atoms with Crippen LogP contribution in [0.1, 0.15) is 13.3 Å². The molecule has 1 N–H and O–H groups in total. The molecular formula is C9H13N. The van der Waals surface area contributed by atoms with Crippen LogP contribution in [-0.2, 0) is 0 Å². The Morgan fingerprint density at radius 3 is 3.20 bits per heavy atom. The Morgan fingerprint density at radius 1 is 1.40 bits per heavy atom. The summed E-state index contributed by atoms with van der Waals surface area (Å²) in [6.07, 6.45) is 11.5. The van der Waals surface area contributed by atoms with Crippen molar-refractivity contribution in [2.24, 2.45) is 0 Å². The van der Waals surface area contributed by atoms with Crippen LogP contribution in [0.15, 0.2) is 36.1 Å². The second-order valence-corrected chi connectivity index (χ2v) is 2.46. The highest BCUT2D eigenvalue weighted by Crippen LogP contribution is 1.95. The van der Waals surface area contributed by atoms with Crippen LogP contribution in [0, 0.1) is 0 Å². The molecule has 1 heteroatoms. The van der Waals surface area contributed by atoms with Gasteiger partial charge in [-0.25, -0.2) is 0 Å². The first-order valence-corrected chi connectivity index (χ1v) is 3.60. The van der Waals surface area contributed by atoms with Gasteiger partial charge in [-0.15, -0.1) is 0 Å². The van der Waals surface area contributed by atoms with Gasteiger partial charge >= 0.3 is 0 Å². The molecular weight excluding hydrogens is 122 g/mol. The van der Waals surface area contributed by atoms with Gasteiger partial charge in [-0.1, -0.05) is 29.9 Å². The minimum Gasteiger partial charge on any atom is -0.387 e. The highest BCUT2D eigenvalue weighted by molar-refractivity contribution is 5.14. The summed E-state index contributed by atoms with van der Waals surface area (Å²) in [4.78, 5) is 0. The van der Waals surface area contributed by atoms with Crippen molar-refractivity contribution in [3.05, 3.63) is 36.1 Å². The van der Waals surface area contributed by atoms with Crippen LogP contribution >= 0.6 is 0 Å². The van der Waals surface area contributed by atoms with E-state index >= 15 is 0 Å². The smallest absolute Gasteiger partial charge is 0.0354 e. The predicted molar refractivity (Wildman–Crippen MR) is 44.7 cm³/mol. The second kappa shape index (κ2) is 3.94. The first kappa shape index (κ1) is 7.13. The van der Waals surface area contributed by atoms with Crippen LogP contribution in [0.25, 0.3) is 0 Å². The second-order valence-electron chi connectivity index (χ2n) is 2.46. The third kappa shape index (κ3) is 2.53. The van der Waals surface area contributed by atoms with Crippen molar-refractivity contribution >= 4 is 0 Å². The lowest BCUT2D eigenvalue weighted by atomic mass is 10.2. The normalized spacial score (nSPS) is 26.7. The molecule has 0 aromatic rings. The summed E-state index contributed by atoms with van der Waals surface area (Å²) in [5.41, 5.74) is 1.36. The van der Waals surface area contributed by atoms with Crippen LogP contribution in [0.3, 0.4) is 0 Å². The van der Waals surface area contributed by atoms with Gasteiger partial charge in [-0.3, -0.25) is 0 Å². The largest absolute Gasteiger partial charge is 0.387 e. The monoisotopic (exact) mass is 135 g/mol. The highest BCUT2D eigenvalue weighted by Gasteiger charge is 1.84. The molecule has 1 aliphatic rings. The van der Waals surface area contributed by atoms with E-state index in [0.717, 1.165) is 13.0 Å². The maximum Gasteiger partial charge on any atom is 0.0354 e.